The van der Waals surface area contributed by atoms with Gasteiger partial charge in [-0.05, 0) is 41.5 Å². The molecule has 0 bridgehead atoms. The van der Waals surface area contributed by atoms with Gasteiger partial charge in [0.15, 0.2) is 0 Å². The van der Waals surface area contributed by atoms with Crippen molar-refractivity contribution in [2.75, 3.05) is 0 Å². The van der Waals surface area contributed by atoms with Gasteiger partial charge in [-0.1, -0.05) is 30.3 Å². The lowest BCUT2D eigenvalue weighted by atomic mass is 10.0. The van der Waals surface area contributed by atoms with Crippen LogP contribution in [0.4, 0.5) is 4.39 Å². The van der Waals surface area contributed by atoms with Crippen molar-refractivity contribution >= 4 is 32.7 Å². The molecule has 0 atom stereocenters. The minimum Gasteiger partial charge on any atom is -0.456 e. The van der Waals surface area contributed by atoms with Gasteiger partial charge in [0, 0.05) is 0 Å². The van der Waals surface area contributed by atoms with Crippen LogP contribution in [0, 0.1) is 12.7 Å². The number of halogens is 1. The molecule has 2 nitrogen and oxygen atoms in total. The van der Waals surface area contributed by atoms with E-state index in [1.165, 1.54) is 0 Å². The second kappa shape index (κ2) is 4.16. The zero-order chi connectivity index (χ0) is 14.6. The van der Waals surface area contributed by atoms with Gasteiger partial charge in [-0.3, -0.25) is 4.79 Å². The molecule has 0 unspecified atom stereocenters. The molecule has 4 aromatic rings. The van der Waals surface area contributed by atoms with Crippen LogP contribution < -0.4 is 5.43 Å². The molecule has 0 N–H and O–H groups in total. The first kappa shape index (κ1) is 12.1. The lowest BCUT2D eigenvalue weighted by Crippen LogP contribution is -2.05. The highest BCUT2D eigenvalue weighted by atomic mass is 19.1. The largest absolute Gasteiger partial charge is 0.456 e. The molecule has 3 heteroatoms. The van der Waals surface area contributed by atoms with Crippen LogP contribution >= 0.6 is 0 Å². The molecule has 1 heterocycles. The van der Waals surface area contributed by atoms with Gasteiger partial charge >= 0.3 is 0 Å². The van der Waals surface area contributed by atoms with E-state index in [0.717, 1.165) is 10.8 Å². The Morgan fingerprint density at radius 3 is 2.43 bits per heavy atom. The summed E-state index contributed by atoms with van der Waals surface area (Å²) in [5.41, 5.74) is 0.883. The van der Waals surface area contributed by atoms with Crippen LogP contribution in [0.25, 0.3) is 32.7 Å². The minimum absolute atomic E-state index is 0.0257. The van der Waals surface area contributed by atoms with Crippen molar-refractivity contribution in [2.24, 2.45) is 0 Å². The smallest absolute Gasteiger partial charge is 0.203 e. The third-order valence-electron chi connectivity index (χ3n) is 3.84. The second-order valence-electron chi connectivity index (χ2n) is 5.20. The maximum absolute atomic E-state index is 14.2. The Morgan fingerprint density at radius 2 is 1.67 bits per heavy atom. The molecule has 21 heavy (non-hydrogen) atoms. The van der Waals surface area contributed by atoms with E-state index in [-0.39, 0.29) is 16.4 Å². The minimum atomic E-state index is -0.503. The average Bonchev–Trinajstić information content (AvgIpc) is 2.49. The summed E-state index contributed by atoms with van der Waals surface area (Å²) in [6.45, 7) is 1.64. The first-order chi connectivity index (χ1) is 10.1. The Labute approximate surface area is 119 Å². The Bertz CT molecular complexity index is 1080. The topological polar surface area (TPSA) is 30.2 Å². The van der Waals surface area contributed by atoms with E-state index in [9.17, 15) is 9.18 Å². The van der Waals surface area contributed by atoms with Crippen LogP contribution in [0.5, 0.6) is 0 Å². The van der Waals surface area contributed by atoms with Gasteiger partial charge in [-0.2, -0.15) is 0 Å². The molecule has 0 fully saturated rings. The summed E-state index contributed by atoms with van der Waals surface area (Å²) < 4.78 is 20.0. The summed E-state index contributed by atoms with van der Waals surface area (Å²) >= 11 is 0. The van der Waals surface area contributed by atoms with Crippen molar-refractivity contribution in [1.29, 1.82) is 0 Å². The Balaban J connectivity index is 2.28. The molecule has 0 spiro atoms. The predicted octanol–water partition coefficient (Wildman–Crippen LogP) is 4.55. The van der Waals surface area contributed by atoms with Gasteiger partial charge in [0.2, 0.25) is 5.43 Å². The lowest BCUT2D eigenvalue weighted by molar-refractivity contribution is 0.618. The number of rotatable bonds is 0. The van der Waals surface area contributed by atoms with E-state index in [4.69, 9.17) is 4.42 Å². The zero-order valence-corrected chi connectivity index (χ0v) is 11.3. The van der Waals surface area contributed by atoms with E-state index >= 15 is 0 Å². The van der Waals surface area contributed by atoms with Crippen molar-refractivity contribution in [3.05, 3.63) is 70.1 Å². The first-order valence-electron chi connectivity index (χ1n) is 6.69. The molecule has 0 aliphatic carbocycles. The van der Waals surface area contributed by atoms with Crippen LogP contribution in [0.3, 0.4) is 0 Å². The molecular formula is C18H11FO2. The number of hydrogen-bond donors (Lipinski definition) is 0. The molecule has 0 radical (unpaired) electrons. The highest BCUT2D eigenvalue weighted by Gasteiger charge is 2.14. The summed E-state index contributed by atoms with van der Waals surface area (Å²) in [6, 6.07) is 14.6. The highest BCUT2D eigenvalue weighted by Crippen LogP contribution is 2.26. The van der Waals surface area contributed by atoms with Crippen LogP contribution in [0.1, 0.15) is 5.56 Å². The van der Waals surface area contributed by atoms with Crippen LogP contribution in [-0.2, 0) is 0 Å². The maximum Gasteiger partial charge on any atom is 0.203 e. The van der Waals surface area contributed by atoms with E-state index < -0.39 is 5.82 Å². The van der Waals surface area contributed by atoms with Crippen LogP contribution in [-0.4, -0.2) is 0 Å². The van der Waals surface area contributed by atoms with Crippen molar-refractivity contribution in [2.45, 2.75) is 6.92 Å². The SMILES string of the molecule is Cc1ccc2oc3cc4ccccc4cc3c(=O)c2c1F. The Morgan fingerprint density at radius 1 is 0.952 bits per heavy atom. The van der Waals surface area contributed by atoms with E-state index in [1.54, 1.807) is 25.1 Å². The average molecular weight is 278 g/mol. The quantitative estimate of drug-likeness (QED) is 0.442. The monoisotopic (exact) mass is 278 g/mol. The molecule has 0 aliphatic rings. The van der Waals surface area contributed by atoms with Crippen LogP contribution in [0.2, 0.25) is 0 Å². The number of fused-ring (bicyclic) bond motifs is 3. The van der Waals surface area contributed by atoms with Gasteiger partial charge in [0.05, 0.1) is 5.39 Å². The first-order valence-corrected chi connectivity index (χ1v) is 6.69. The van der Waals surface area contributed by atoms with Crippen molar-refractivity contribution in [3.63, 3.8) is 0 Å². The summed E-state index contributed by atoms with van der Waals surface area (Å²) in [6.07, 6.45) is 0. The predicted molar refractivity (Wildman–Crippen MR) is 82.2 cm³/mol. The molecule has 102 valence electrons. The molecule has 3 aromatic carbocycles. The molecule has 0 saturated carbocycles. The van der Waals surface area contributed by atoms with Gasteiger partial charge in [0.25, 0.3) is 0 Å². The normalized spacial score (nSPS) is 11.5. The fourth-order valence-corrected chi connectivity index (χ4v) is 2.69. The third kappa shape index (κ3) is 1.67. The summed E-state index contributed by atoms with van der Waals surface area (Å²) in [5.74, 6) is -0.503. The van der Waals surface area contributed by atoms with Gasteiger partial charge in [-0.15, -0.1) is 0 Å². The maximum atomic E-state index is 14.2. The number of aryl methyl sites for hydroxylation is 1. The molecule has 1 aromatic heterocycles. The van der Waals surface area contributed by atoms with E-state index in [1.807, 2.05) is 30.3 Å². The molecular weight excluding hydrogens is 267 g/mol. The van der Waals surface area contributed by atoms with Gasteiger partial charge in [-0.25, -0.2) is 4.39 Å². The fourth-order valence-electron chi connectivity index (χ4n) is 2.69. The lowest BCUT2D eigenvalue weighted by Gasteiger charge is -2.05. The van der Waals surface area contributed by atoms with Crippen molar-refractivity contribution in [1.82, 2.24) is 0 Å². The fraction of sp³-hybridized carbons (Fsp3) is 0.0556. The van der Waals surface area contributed by atoms with E-state index in [0.29, 0.717) is 16.5 Å². The molecule has 0 saturated heterocycles. The number of hydrogen-bond acceptors (Lipinski definition) is 2. The second-order valence-corrected chi connectivity index (χ2v) is 5.20. The van der Waals surface area contributed by atoms with E-state index in [2.05, 4.69) is 0 Å². The standard InChI is InChI=1S/C18H11FO2/c1-10-6-7-14-16(17(10)19)18(20)13-8-11-4-2-3-5-12(11)9-15(13)21-14/h2-9H,1H3. The van der Waals surface area contributed by atoms with Crippen LogP contribution in [0.15, 0.2) is 57.7 Å². The Kier molecular flexibility index (Phi) is 2.39. The summed E-state index contributed by atoms with van der Waals surface area (Å²) in [4.78, 5) is 12.6. The van der Waals surface area contributed by atoms with Crippen molar-refractivity contribution in [3.8, 4) is 0 Å². The van der Waals surface area contributed by atoms with Crippen molar-refractivity contribution < 1.29 is 8.81 Å². The number of benzene rings is 3. The van der Waals surface area contributed by atoms with Gasteiger partial charge in [0.1, 0.15) is 22.4 Å². The summed E-state index contributed by atoms with van der Waals surface area (Å²) in [5, 5.41) is 2.35. The molecule has 4 rings (SSSR count). The third-order valence-corrected chi connectivity index (χ3v) is 3.84. The Hall–Kier alpha value is -2.68. The summed E-state index contributed by atoms with van der Waals surface area (Å²) in [7, 11) is 0. The highest BCUT2D eigenvalue weighted by molar-refractivity contribution is 5.99. The zero-order valence-electron chi connectivity index (χ0n) is 11.3. The van der Waals surface area contributed by atoms with Gasteiger partial charge < -0.3 is 4.42 Å². The molecule has 0 amide bonds. The molecule has 0 aliphatic heterocycles.